The molecule has 0 amide bonds. The van der Waals surface area contributed by atoms with Gasteiger partial charge in [-0.1, -0.05) is 305 Å². The first kappa shape index (κ1) is 87.4. The Hall–Kier alpha value is -5.61. The number of rotatable bonds is 66. The molecule has 93 heavy (non-hydrogen) atoms. The van der Waals surface area contributed by atoms with Crippen LogP contribution in [0.15, 0.2) is 182 Å². The number of carbonyl (C=O) groups is 3. The third kappa shape index (κ3) is 73.7. The van der Waals surface area contributed by atoms with Crippen molar-refractivity contribution in [3.05, 3.63) is 182 Å². The molecule has 0 saturated heterocycles. The molecule has 0 aliphatic carbocycles. The zero-order valence-electron chi connectivity index (χ0n) is 59.8. The third-order valence-corrected chi connectivity index (χ3v) is 15.1. The summed E-state index contributed by atoms with van der Waals surface area (Å²) in [6.45, 7) is 4.48. The summed E-state index contributed by atoms with van der Waals surface area (Å²) in [4.78, 5) is 37.5. The van der Waals surface area contributed by atoms with Gasteiger partial charge >= 0.3 is 11.9 Å². The molecule has 0 N–H and O–H groups in total. The molecule has 0 saturated carbocycles. The fourth-order valence-corrected chi connectivity index (χ4v) is 9.59. The number of hydrogen-bond acceptors (Lipinski definition) is 8. The largest absolute Gasteiger partial charge is 0.545 e. The van der Waals surface area contributed by atoms with Crippen LogP contribution in [0.5, 0.6) is 0 Å². The fraction of sp³-hybridized carbons (Fsp3) is 0.607. The van der Waals surface area contributed by atoms with E-state index < -0.39 is 24.3 Å². The van der Waals surface area contributed by atoms with E-state index in [1.54, 1.807) is 0 Å². The molecule has 0 radical (unpaired) electrons. The minimum absolute atomic E-state index is 0.134. The summed E-state index contributed by atoms with van der Waals surface area (Å²) in [7, 11) is 5.91. The Kier molecular flexibility index (Phi) is 67.9. The lowest BCUT2D eigenvalue weighted by atomic mass is 10.0. The number of quaternary nitrogens is 1. The molecule has 0 fully saturated rings. The van der Waals surface area contributed by atoms with Crippen LogP contribution in [0.25, 0.3) is 0 Å². The monoisotopic (exact) mass is 1290 g/mol. The van der Waals surface area contributed by atoms with Gasteiger partial charge < -0.3 is 33.3 Å². The van der Waals surface area contributed by atoms with Crippen molar-refractivity contribution in [2.24, 2.45) is 0 Å². The quantitative estimate of drug-likeness (QED) is 0.0195. The van der Waals surface area contributed by atoms with Crippen molar-refractivity contribution in [3.8, 4) is 0 Å². The van der Waals surface area contributed by atoms with E-state index in [2.05, 4.69) is 196 Å². The molecule has 0 aliphatic rings. The number of hydrogen-bond donors (Lipinski definition) is 0. The molecule has 0 bridgehead atoms. The normalized spacial score (nSPS) is 13.8. The van der Waals surface area contributed by atoms with E-state index in [0.29, 0.717) is 17.4 Å². The molecule has 2 atom stereocenters. The van der Waals surface area contributed by atoms with E-state index in [1.807, 2.05) is 21.1 Å². The second-order valence-electron chi connectivity index (χ2n) is 25.1. The summed E-state index contributed by atoms with van der Waals surface area (Å²) in [6, 6.07) is 0. The van der Waals surface area contributed by atoms with Crippen LogP contribution in [0.2, 0.25) is 0 Å². The zero-order chi connectivity index (χ0) is 67.5. The molecule has 0 aromatic rings. The summed E-state index contributed by atoms with van der Waals surface area (Å²) in [5, 5.41) is 11.8. The van der Waals surface area contributed by atoms with Crippen LogP contribution in [0.3, 0.4) is 0 Å². The number of nitrogens with zero attached hydrogens (tertiary/aromatic N) is 1. The topological polar surface area (TPSA) is 111 Å². The first-order chi connectivity index (χ1) is 45.6. The first-order valence-corrected chi connectivity index (χ1v) is 36.9. The molecule has 0 spiro atoms. The molecule has 0 aromatic heterocycles. The fourth-order valence-electron chi connectivity index (χ4n) is 9.59. The third-order valence-electron chi connectivity index (χ3n) is 15.1. The van der Waals surface area contributed by atoms with Gasteiger partial charge in [0, 0.05) is 12.8 Å². The predicted octanol–water partition coefficient (Wildman–Crippen LogP) is 22.2. The van der Waals surface area contributed by atoms with Gasteiger partial charge in [0.05, 0.1) is 40.3 Å². The van der Waals surface area contributed by atoms with Crippen molar-refractivity contribution < 1.29 is 42.9 Å². The maximum atomic E-state index is 12.9. The summed E-state index contributed by atoms with van der Waals surface area (Å²) >= 11 is 0. The SMILES string of the molecule is CC/C=C\C/C=C\C/C=C\C/C=C\C/C=C\C/C=C\C/C=C\C/C=C\CCCCCCC(=O)OC(COC(=O)CCCCCCCCCCCCCCCCCCC/C=C\C/C=C\C/C=C\C/C=C\C/C=C\C/C=C\C/C=C\CC)COC(OCC[N+](C)(C)C)C(=O)[O-]. The highest BCUT2D eigenvalue weighted by Gasteiger charge is 2.22. The van der Waals surface area contributed by atoms with E-state index in [4.69, 9.17) is 18.9 Å². The second kappa shape index (κ2) is 72.2. The van der Waals surface area contributed by atoms with Gasteiger partial charge in [0.25, 0.3) is 0 Å². The van der Waals surface area contributed by atoms with Crippen molar-refractivity contribution in [1.82, 2.24) is 0 Å². The van der Waals surface area contributed by atoms with E-state index in [1.165, 1.54) is 96.3 Å². The van der Waals surface area contributed by atoms with Crippen molar-refractivity contribution in [2.45, 2.75) is 283 Å². The summed E-state index contributed by atoms with van der Waals surface area (Å²) in [5.74, 6) is -2.33. The number of allylic oxidation sites excluding steroid dienone is 30. The number of carboxylic acids is 1. The van der Waals surface area contributed by atoms with Gasteiger partial charge in [-0.2, -0.15) is 0 Å². The minimum atomic E-state index is -1.64. The van der Waals surface area contributed by atoms with Gasteiger partial charge in [-0.15, -0.1) is 0 Å². The molecule has 0 rings (SSSR count). The average Bonchev–Trinajstić information content (AvgIpc) is 3.74. The number of unbranched alkanes of at least 4 members (excludes halogenated alkanes) is 21. The van der Waals surface area contributed by atoms with Crippen molar-refractivity contribution in [3.63, 3.8) is 0 Å². The number of carboxylic acid groups (broad SMARTS) is 1. The summed E-state index contributed by atoms with van der Waals surface area (Å²) in [6.07, 6.45) is 107. The van der Waals surface area contributed by atoms with E-state index in [-0.39, 0.29) is 38.6 Å². The Morgan fingerprint density at radius 3 is 0.860 bits per heavy atom. The van der Waals surface area contributed by atoms with Crippen LogP contribution in [-0.2, 0) is 33.3 Å². The van der Waals surface area contributed by atoms with Gasteiger partial charge in [-0.05, 0) is 135 Å². The molecule has 0 aromatic carbocycles. The van der Waals surface area contributed by atoms with Gasteiger partial charge in [-0.25, -0.2) is 0 Å². The Bertz CT molecular complexity index is 2190. The van der Waals surface area contributed by atoms with E-state index in [0.717, 1.165) is 141 Å². The van der Waals surface area contributed by atoms with Crippen LogP contribution < -0.4 is 5.11 Å². The number of carbonyl (C=O) groups excluding carboxylic acids is 3. The first-order valence-electron chi connectivity index (χ1n) is 36.9. The molecule has 9 nitrogen and oxygen atoms in total. The molecule has 524 valence electrons. The molecule has 2 unspecified atom stereocenters. The van der Waals surface area contributed by atoms with Gasteiger partial charge in [0.2, 0.25) is 0 Å². The average molecular weight is 1290 g/mol. The Labute approximate surface area is 570 Å². The molecule has 9 heteroatoms. The van der Waals surface area contributed by atoms with Crippen LogP contribution in [-0.4, -0.2) is 82.3 Å². The van der Waals surface area contributed by atoms with Gasteiger partial charge in [-0.3, -0.25) is 9.59 Å². The molecule has 0 aliphatic heterocycles. The lowest BCUT2D eigenvalue weighted by molar-refractivity contribution is -0.870. The zero-order valence-corrected chi connectivity index (χ0v) is 59.8. The number of likely N-dealkylation sites (N-methyl/N-ethyl adjacent to an activating group) is 1. The van der Waals surface area contributed by atoms with Crippen molar-refractivity contribution in [2.75, 3.05) is 47.5 Å². The lowest BCUT2D eigenvalue weighted by Crippen LogP contribution is -2.44. The Morgan fingerprint density at radius 1 is 0.323 bits per heavy atom. The predicted molar refractivity (Wildman–Crippen MR) is 398 cm³/mol. The molecular weight excluding hydrogens is 1150 g/mol. The number of esters is 2. The number of ether oxygens (including phenoxy) is 4. The lowest BCUT2D eigenvalue weighted by Gasteiger charge is -2.26. The van der Waals surface area contributed by atoms with Crippen LogP contribution >= 0.6 is 0 Å². The standard InChI is InChI=1S/C84H135NO8/c1-6-8-10-12-14-16-18-20-22-24-26-28-30-32-34-36-37-38-39-40-41-42-43-44-45-47-48-50-52-54-56-58-60-62-64-66-68-70-72-74-81(86)91-78-80(79-92-84(83(88)89)90-77-76-85(3,4)5)93-82(87)75-73-71-69-67-65-63-61-59-57-55-53-51-49-46-35-33-31-29-27-25-23-21-19-17-15-13-11-9-7-2/h8-11,14-17,20-23,26-29,32-35,37-38,40-41,49,51,55,57,61,63,80,84H,6-7,12-13,18-19,24-25,30-31,36,39,42-48,50,52-54,56,58-60,62,64-79H2,1-5H3/b10-8-,11-9-,16-14-,17-15-,22-20-,23-21-,28-26-,29-27-,34-32-,35-33-,38-37-,41-40-,51-49-,57-55-,63-61-. The summed E-state index contributed by atoms with van der Waals surface area (Å²) in [5.41, 5.74) is 0. The smallest absolute Gasteiger partial charge is 0.306 e. The maximum Gasteiger partial charge on any atom is 0.306 e. The van der Waals surface area contributed by atoms with Crippen molar-refractivity contribution in [1.29, 1.82) is 0 Å². The van der Waals surface area contributed by atoms with E-state index >= 15 is 0 Å². The summed E-state index contributed by atoms with van der Waals surface area (Å²) < 4.78 is 22.8. The van der Waals surface area contributed by atoms with Crippen LogP contribution in [0, 0.1) is 0 Å². The van der Waals surface area contributed by atoms with Crippen LogP contribution in [0.4, 0.5) is 0 Å². The number of aliphatic carboxylic acids is 1. The maximum absolute atomic E-state index is 12.9. The Balaban J connectivity index is 4.15. The van der Waals surface area contributed by atoms with Crippen molar-refractivity contribution >= 4 is 17.9 Å². The molecular formula is C84H135NO8. The Morgan fingerprint density at radius 2 is 0.581 bits per heavy atom. The highest BCUT2D eigenvalue weighted by molar-refractivity contribution is 5.70. The highest BCUT2D eigenvalue weighted by atomic mass is 16.7. The second-order valence-corrected chi connectivity index (χ2v) is 25.1. The van der Waals surface area contributed by atoms with Gasteiger partial charge in [0.1, 0.15) is 13.2 Å². The van der Waals surface area contributed by atoms with Crippen LogP contribution in [0.1, 0.15) is 271 Å². The minimum Gasteiger partial charge on any atom is -0.545 e. The molecule has 0 heterocycles. The van der Waals surface area contributed by atoms with E-state index in [9.17, 15) is 19.5 Å². The van der Waals surface area contributed by atoms with Gasteiger partial charge in [0.15, 0.2) is 12.4 Å². The highest BCUT2D eigenvalue weighted by Crippen LogP contribution is 2.16.